The number of hydrogen-bond donors (Lipinski definition) is 2. The third-order valence-electron chi connectivity index (χ3n) is 5.47. The number of nitrogens with zero attached hydrogens (tertiary/aromatic N) is 5. The number of para-hydroxylation sites is 1. The Bertz CT molecular complexity index is 1600. The summed E-state index contributed by atoms with van der Waals surface area (Å²) in [5, 5.41) is 30.9. The molecule has 0 spiro atoms. The highest BCUT2D eigenvalue weighted by Crippen LogP contribution is 2.37. The highest BCUT2D eigenvalue weighted by Gasteiger charge is 2.20. The Morgan fingerprint density at radius 3 is 2.00 bits per heavy atom. The van der Waals surface area contributed by atoms with Gasteiger partial charge in [-0.15, -0.1) is 5.11 Å². The smallest absolute Gasteiger partial charge is 0.299 e. The first-order chi connectivity index (χ1) is 17.6. The van der Waals surface area contributed by atoms with Gasteiger partial charge in [-0.05, 0) is 61.5 Å². The number of aromatic hydroxyl groups is 1. The lowest BCUT2D eigenvalue weighted by Crippen LogP contribution is -2.13. The fraction of sp³-hybridized carbons (Fsp3) is 0.0357. The highest BCUT2D eigenvalue weighted by atomic mass is 16.3. The Morgan fingerprint density at radius 2 is 1.28 bits per heavy atom. The number of benzene rings is 4. The van der Waals surface area contributed by atoms with Crippen molar-refractivity contribution in [3.8, 4) is 22.7 Å². The molecule has 0 unspecified atom stereocenters. The van der Waals surface area contributed by atoms with E-state index < -0.39 is 5.56 Å². The minimum atomic E-state index is -0.400. The molecule has 8 nitrogen and oxygen atoms in total. The van der Waals surface area contributed by atoms with Crippen LogP contribution in [0.4, 0.5) is 22.7 Å². The van der Waals surface area contributed by atoms with Gasteiger partial charge in [-0.2, -0.15) is 15.3 Å². The van der Waals surface area contributed by atoms with Crippen LogP contribution in [-0.2, 0) is 0 Å². The summed E-state index contributed by atoms with van der Waals surface area (Å²) in [5.41, 5.74) is 3.85. The number of phenols is 1. The minimum absolute atomic E-state index is 0.0399. The highest BCUT2D eigenvalue weighted by molar-refractivity contribution is 5.78. The molecule has 0 amide bonds. The SMILES string of the molecule is Cc1ccc(N=Nc2c(-c3cc(N=Nc4ccccc4)ccc3O)[nH]n(-c3ccccc3)c2=O)cc1. The molecule has 2 N–H and O–H groups in total. The zero-order chi connectivity index (χ0) is 24.9. The molecule has 0 saturated heterocycles. The van der Waals surface area contributed by atoms with Crippen molar-refractivity contribution in [1.82, 2.24) is 9.78 Å². The van der Waals surface area contributed by atoms with E-state index in [4.69, 9.17) is 0 Å². The van der Waals surface area contributed by atoms with Crippen molar-refractivity contribution < 1.29 is 5.11 Å². The van der Waals surface area contributed by atoms with Gasteiger partial charge in [-0.1, -0.05) is 54.1 Å². The van der Waals surface area contributed by atoms with E-state index in [1.807, 2.05) is 79.7 Å². The summed E-state index contributed by atoms with van der Waals surface area (Å²) >= 11 is 0. The Morgan fingerprint density at radius 1 is 0.694 bits per heavy atom. The van der Waals surface area contributed by atoms with E-state index in [-0.39, 0.29) is 11.4 Å². The first kappa shape index (κ1) is 22.7. The third-order valence-corrected chi connectivity index (χ3v) is 5.47. The standard InChI is InChI=1S/C28H22N6O2/c1-19-12-14-21(15-13-19)30-32-27-26(33-34(28(27)36)23-10-6-3-7-11-23)24-18-22(16-17-25(24)35)31-29-20-8-4-2-5-9-20/h2-18,33,35H,1H3. The lowest BCUT2D eigenvalue weighted by Gasteiger charge is -2.05. The van der Waals surface area contributed by atoms with Gasteiger partial charge in [0.25, 0.3) is 5.56 Å². The summed E-state index contributed by atoms with van der Waals surface area (Å²) in [7, 11) is 0. The molecule has 0 bridgehead atoms. The molecule has 5 aromatic rings. The number of hydrogen-bond acceptors (Lipinski definition) is 6. The van der Waals surface area contributed by atoms with Crippen LogP contribution < -0.4 is 5.56 Å². The van der Waals surface area contributed by atoms with Crippen LogP contribution in [0.5, 0.6) is 5.75 Å². The second-order valence-corrected chi connectivity index (χ2v) is 8.08. The average Bonchev–Trinajstić information content (AvgIpc) is 3.24. The molecule has 5 rings (SSSR count). The van der Waals surface area contributed by atoms with Gasteiger partial charge in [0.15, 0.2) is 5.69 Å². The summed E-state index contributed by atoms with van der Waals surface area (Å²) in [6.45, 7) is 1.98. The largest absolute Gasteiger partial charge is 0.507 e. The van der Waals surface area contributed by atoms with Gasteiger partial charge >= 0.3 is 0 Å². The van der Waals surface area contributed by atoms with Crippen molar-refractivity contribution in [2.45, 2.75) is 6.92 Å². The van der Waals surface area contributed by atoms with Gasteiger partial charge in [-0.25, -0.2) is 4.68 Å². The quantitative estimate of drug-likeness (QED) is 0.246. The van der Waals surface area contributed by atoms with E-state index in [9.17, 15) is 9.90 Å². The number of rotatable bonds is 6. The Hall–Kier alpha value is -5.11. The normalized spacial score (nSPS) is 11.5. The molecule has 176 valence electrons. The topological polar surface area (TPSA) is 107 Å². The molecule has 8 heteroatoms. The molecule has 0 fully saturated rings. The number of nitrogens with one attached hydrogen (secondary N) is 1. The van der Waals surface area contributed by atoms with Crippen LogP contribution in [0.25, 0.3) is 16.9 Å². The first-order valence-electron chi connectivity index (χ1n) is 11.3. The summed E-state index contributed by atoms with van der Waals surface area (Å²) in [4.78, 5) is 13.4. The number of aryl methyl sites for hydroxylation is 1. The molecular formula is C28H22N6O2. The monoisotopic (exact) mass is 474 g/mol. The van der Waals surface area contributed by atoms with Crippen LogP contribution in [0, 0.1) is 6.92 Å². The van der Waals surface area contributed by atoms with Gasteiger partial charge in [0.2, 0.25) is 0 Å². The number of H-pyrrole nitrogens is 1. The fourth-order valence-corrected chi connectivity index (χ4v) is 3.58. The van der Waals surface area contributed by atoms with Crippen LogP contribution in [0.15, 0.2) is 128 Å². The van der Waals surface area contributed by atoms with Crippen molar-refractivity contribution in [2.24, 2.45) is 20.5 Å². The predicted molar refractivity (Wildman–Crippen MR) is 139 cm³/mol. The molecule has 0 aliphatic carbocycles. The summed E-state index contributed by atoms with van der Waals surface area (Å²) < 4.78 is 1.37. The zero-order valence-electron chi connectivity index (χ0n) is 19.4. The van der Waals surface area contributed by atoms with Crippen molar-refractivity contribution in [3.63, 3.8) is 0 Å². The maximum absolute atomic E-state index is 13.4. The van der Waals surface area contributed by atoms with Gasteiger partial charge in [-0.3, -0.25) is 9.89 Å². The van der Waals surface area contributed by atoms with Crippen LogP contribution in [0.3, 0.4) is 0 Å². The summed E-state index contributed by atoms with van der Waals surface area (Å²) in [5.74, 6) is -0.0399. The molecule has 4 aromatic carbocycles. The van der Waals surface area contributed by atoms with Crippen LogP contribution in [0.1, 0.15) is 5.56 Å². The lowest BCUT2D eigenvalue weighted by atomic mass is 10.1. The molecule has 0 aliphatic heterocycles. The number of azo groups is 2. The first-order valence-corrected chi connectivity index (χ1v) is 11.3. The molecule has 36 heavy (non-hydrogen) atoms. The van der Waals surface area contributed by atoms with Crippen LogP contribution in [0.2, 0.25) is 0 Å². The Balaban J connectivity index is 1.62. The summed E-state index contributed by atoms with van der Waals surface area (Å²) in [6, 6.07) is 30.7. The van der Waals surface area contributed by atoms with Gasteiger partial charge < -0.3 is 5.11 Å². The molecule has 1 heterocycles. The maximum Gasteiger partial charge on any atom is 0.299 e. The van der Waals surface area contributed by atoms with Crippen molar-refractivity contribution in [2.75, 3.05) is 0 Å². The lowest BCUT2D eigenvalue weighted by molar-refractivity contribution is 0.477. The second-order valence-electron chi connectivity index (χ2n) is 8.08. The van der Waals surface area contributed by atoms with E-state index in [0.29, 0.717) is 34.0 Å². The zero-order valence-corrected chi connectivity index (χ0v) is 19.4. The fourth-order valence-electron chi connectivity index (χ4n) is 3.58. The molecule has 0 saturated carbocycles. The van der Waals surface area contributed by atoms with Gasteiger partial charge in [0, 0.05) is 5.56 Å². The summed E-state index contributed by atoms with van der Waals surface area (Å²) in [6.07, 6.45) is 0. The number of aromatic nitrogens is 2. The molecule has 0 radical (unpaired) electrons. The Labute approximate surface area is 206 Å². The molecular weight excluding hydrogens is 452 g/mol. The van der Waals surface area contributed by atoms with Crippen LogP contribution >= 0.6 is 0 Å². The third kappa shape index (κ3) is 4.88. The Kier molecular flexibility index (Phi) is 6.31. The van der Waals surface area contributed by atoms with E-state index in [1.54, 1.807) is 24.3 Å². The van der Waals surface area contributed by atoms with E-state index in [0.717, 1.165) is 5.56 Å². The van der Waals surface area contributed by atoms with E-state index in [1.165, 1.54) is 10.7 Å². The predicted octanol–water partition coefficient (Wildman–Crippen LogP) is 7.68. The van der Waals surface area contributed by atoms with Crippen molar-refractivity contribution in [1.29, 1.82) is 0 Å². The number of aromatic amines is 1. The minimum Gasteiger partial charge on any atom is -0.507 e. The molecule has 1 aromatic heterocycles. The maximum atomic E-state index is 13.4. The molecule has 0 atom stereocenters. The van der Waals surface area contributed by atoms with Gasteiger partial charge in [0.1, 0.15) is 5.75 Å². The number of phenolic OH excluding ortho intramolecular Hbond substituents is 1. The average molecular weight is 475 g/mol. The van der Waals surface area contributed by atoms with Gasteiger partial charge in [0.05, 0.1) is 28.4 Å². The van der Waals surface area contributed by atoms with E-state index >= 15 is 0 Å². The molecule has 0 aliphatic rings. The van der Waals surface area contributed by atoms with E-state index in [2.05, 4.69) is 25.6 Å². The van der Waals surface area contributed by atoms with Crippen molar-refractivity contribution >= 4 is 22.7 Å². The second kappa shape index (κ2) is 10.0. The van der Waals surface area contributed by atoms with Crippen LogP contribution in [-0.4, -0.2) is 14.9 Å². The van der Waals surface area contributed by atoms with Crippen molar-refractivity contribution in [3.05, 3.63) is 119 Å².